The highest BCUT2D eigenvalue weighted by Crippen LogP contribution is 2.30. The van der Waals surface area contributed by atoms with Gasteiger partial charge in [-0.05, 0) is 55.2 Å². The summed E-state index contributed by atoms with van der Waals surface area (Å²) in [5.74, 6) is -0.950. The topological polar surface area (TPSA) is 84.5 Å². The van der Waals surface area contributed by atoms with E-state index in [4.69, 9.17) is 16.3 Å². The number of rotatable bonds is 8. The zero-order chi connectivity index (χ0) is 19.9. The van der Waals surface area contributed by atoms with Crippen LogP contribution in [0, 0.1) is 5.92 Å². The Morgan fingerprint density at radius 3 is 2.54 bits per heavy atom. The molecule has 0 atom stereocenters. The van der Waals surface area contributed by atoms with Crippen molar-refractivity contribution in [1.82, 2.24) is 5.32 Å². The van der Waals surface area contributed by atoms with Crippen LogP contribution in [0.5, 0.6) is 0 Å². The largest absolute Gasteiger partial charge is 0.452 e. The predicted octanol–water partition coefficient (Wildman–Crippen LogP) is 3.20. The van der Waals surface area contributed by atoms with E-state index in [1.807, 2.05) is 12.1 Å². The summed E-state index contributed by atoms with van der Waals surface area (Å²) in [5.41, 5.74) is 1.87. The van der Waals surface area contributed by atoms with E-state index in [0.29, 0.717) is 23.7 Å². The first-order valence-electron chi connectivity index (χ1n) is 9.10. The number of ether oxygens (including phenoxy) is 1. The molecule has 1 fully saturated rings. The maximum absolute atomic E-state index is 12.1. The number of anilines is 1. The van der Waals surface area contributed by atoms with Crippen LogP contribution in [0.3, 0.4) is 0 Å². The molecule has 2 N–H and O–H groups in total. The average Bonchev–Trinajstić information content (AvgIpc) is 3.53. The number of carbonyl (C=O) groups excluding carboxylic acids is 3. The number of amides is 2. The van der Waals surface area contributed by atoms with E-state index in [2.05, 4.69) is 10.6 Å². The summed E-state index contributed by atoms with van der Waals surface area (Å²) >= 11 is 5.83. The number of esters is 1. The summed E-state index contributed by atoms with van der Waals surface area (Å²) < 4.78 is 5.05. The second-order valence-electron chi connectivity index (χ2n) is 6.65. The summed E-state index contributed by atoms with van der Waals surface area (Å²) in [4.78, 5) is 35.8. The third-order valence-electron chi connectivity index (χ3n) is 4.30. The molecule has 2 amide bonds. The van der Waals surface area contributed by atoms with Gasteiger partial charge in [-0.3, -0.25) is 9.59 Å². The van der Waals surface area contributed by atoms with Crippen molar-refractivity contribution in [3.8, 4) is 0 Å². The second-order valence-corrected chi connectivity index (χ2v) is 7.08. The molecule has 0 bridgehead atoms. The minimum Gasteiger partial charge on any atom is -0.452 e. The van der Waals surface area contributed by atoms with Crippen LogP contribution in [0.4, 0.5) is 5.69 Å². The monoisotopic (exact) mass is 400 g/mol. The fourth-order valence-electron chi connectivity index (χ4n) is 2.58. The molecule has 0 heterocycles. The van der Waals surface area contributed by atoms with Crippen molar-refractivity contribution >= 4 is 35.1 Å². The van der Waals surface area contributed by atoms with Crippen LogP contribution in [0.15, 0.2) is 48.5 Å². The third-order valence-corrected chi connectivity index (χ3v) is 4.55. The van der Waals surface area contributed by atoms with Crippen molar-refractivity contribution in [2.75, 3.05) is 18.5 Å². The van der Waals surface area contributed by atoms with Crippen LogP contribution >= 0.6 is 11.6 Å². The minimum atomic E-state index is -0.615. The SMILES string of the molecule is O=C(COC(=O)c1cccc(NC(=O)C2CC2)c1)NCCc1ccc(Cl)cc1. The van der Waals surface area contributed by atoms with Gasteiger partial charge in [-0.2, -0.15) is 0 Å². The van der Waals surface area contributed by atoms with E-state index < -0.39 is 5.97 Å². The van der Waals surface area contributed by atoms with E-state index in [1.54, 1.807) is 36.4 Å². The maximum Gasteiger partial charge on any atom is 0.338 e. The van der Waals surface area contributed by atoms with Crippen molar-refractivity contribution in [3.63, 3.8) is 0 Å². The van der Waals surface area contributed by atoms with Crippen LogP contribution in [-0.2, 0) is 20.7 Å². The van der Waals surface area contributed by atoms with Crippen LogP contribution in [0.25, 0.3) is 0 Å². The molecular formula is C21H21ClN2O4. The van der Waals surface area contributed by atoms with Crippen molar-refractivity contribution in [1.29, 1.82) is 0 Å². The zero-order valence-corrected chi connectivity index (χ0v) is 16.0. The maximum atomic E-state index is 12.1. The first-order chi connectivity index (χ1) is 13.5. The van der Waals surface area contributed by atoms with Crippen LogP contribution in [0.1, 0.15) is 28.8 Å². The van der Waals surface area contributed by atoms with Gasteiger partial charge in [0.1, 0.15) is 0 Å². The van der Waals surface area contributed by atoms with Gasteiger partial charge in [0.2, 0.25) is 5.91 Å². The van der Waals surface area contributed by atoms with Crippen molar-refractivity contribution < 1.29 is 19.1 Å². The first kappa shape index (κ1) is 19.9. The molecule has 0 unspecified atom stereocenters. The molecule has 2 aromatic rings. The van der Waals surface area contributed by atoms with E-state index in [9.17, 15) is 14.4 Å². The van der Waals surface area contributed by atoms with Crippen molar-refractivity contribution in [2.24, 2.45) is 5.92 Å². The minimum absolute atomic E-state index is 0.0365. The van der Waals surface area contributed by atoms with Gasteiger partial charge in [0.15, 0.2) is 6.61 Å². The van der Waals surface area contributed by atoms with Crippen LogP contribution in [-0.4, -0.2) is 30.9 Å². The Kier molecular flexibility index (Phi) is 6.66. The normalized spacial score (nSPS) is 12.9. The zero-order valence-electron chi connectivity index (χ0n) is 15.2. The molecule has 6 nitrogen and oxygen atoms in total. The summed E-state index contributed by atoms with van der Waals surface area (Å²) in [6.45, 7) is 0.0683. The molecule has 1 saturated carbocycles. The molecule has 2 aromatic carbocycles. The number of halogens is 1. The van der Waals surface area contributed by atoms with Gasteiger partial charge in [-0.1, -0.05) is 29.8 Å². The van der Waals surface area contributed by atoms with E-state index in [0.717, 1.165) is 18.4 Å². The molecule has 146 valence electrons. The first-order valence-corrected chi connectivity index (χ1v) is 9.48. The number of nitrogens with one attached hydrogen (secondary N) is 2. The summed E-state index contributed by atoms with van der Waals surface area (Å²) in [7, 11) is 0. The molecule has 3 rings (SSSR count). The van der Waals surface area contributed by atoms with Gasteiger partial charge in [-0.25, -0.2) is 4.79 Å². The third kappa shape index (κ3) is 6.09. The highest BCUT2D eigenvalue weighted by Gasteiger charge is 2.29. The molecule has 0 radical (unpaired) electrons. The summed E-state index contributed by atoms with van der Waals surface area (Å²) in [5, 5.41) is 6.14. The van der Waals surface area contributed by atoms with Gasteiger partial charge >= 0.3 is 5.97 Å². The highest BCUT2D eigenvalue weighted by molar-refractivity contribution is 6.30. The van der Waals surface area contributed by atoms with E-state index in [1.165, 1.54) is 0 Å². The summed E-state index contributed by atoms with van der Waals surface area (Å²) in [6.07, 6.45) is 2.46. The number of benzene rings is 2. The van der Waals surface area contributed by atoms with Crippen LogP contribution < -0.4 is 10.6 Å². The fourth-order valence-corrected chi connectivity index (χ4v) is 2.70. The van der Waals surface area contributed by atoms with Crippen molar-refractivity contribution in [3.05, 3.63) is 64.7 Å². The lowest BCUT2D eigenvalue weighted by atomic mass is 10.1. The molecule has 1 aliphatic rings. The Bertz CT molecular complexity index is 863. The molecule has 0 aliphatic heterocycles. The standard InChI is InChI=1S/C21H21ClN2O4/c22-17-8-4-14(5-9-17)10-11-23-19(25)13-28-21(27)16-2-1-3-18(12-16)24-20(26)15-6-7-15/h1-5,8-9,12,15H,6-7,10-11,13H2,(H,23,25)(H,24,26). The fraction of sp³-hybridized carbons (Fsp3) is 0.286. The van der Waals surface area contributed by atoms with Gasteiger partial charge in [0.05, 0.1) is 5.56 Å². The smallest absolute Gasteiger partial charge is 0.338 e. The van der Waals surface area contributed by atoms with E-state index >= 15 is 0 Å². The Morgan fingerprint density at radius 2 is 1.82 bits per heavy atom. The van der Waals surface area contributed by atoms with Gasteiger partial charge in [-0.15, -0.1) is 0 Å². The van der Waals surface area contributed by atoms with E-state index in [-0.39, 0.29) is 29.9 Å². The summed E-state index contributed by atoms with van der Waals surface area (Å²) in [6, 6.07) is 13.9. The molecule has 0 aromatic heterocycles. The molecule has 0 spiro atoms. The molecule has 1 aliphatic carbocycles. The quantitative estimate of drug-likeness (QED) is 0.666. The number of carbonyl (C=O) groups is 3. The number of hydrogen-bond acceptors (Lipinski definition) is 4. The molecule has 0 saturated heterocycles. The van der Waals surface area contributed by atoms with Gasteiger partial charge in [0.25, 0.3) is 5.91 Å². The van der Waals surface area contributed by atoms with Crippen LogP contribution in [0.2, 0.25) is 5.02 Å². The lowest BCUT2D eigenvalue weighted by molar-refractivity contribution is -0.124. The average molecular weight is 401 g/mol. The highest BCUT2D eigenvalue weighted by atomic mass is 35.5. The lowest BCUT2D eigenvalue weighted by Gasteiger charge is -2.08. The molecular weight excluding hydrogens is 380 g/mol. The number of hydrogen-bond donors (Lipinski definition) is 2. The predicted molar refractivity (Wildman–Crippen MR) is 106 cm³/mol. The second kappa shape index (κ2) is 9.37. The Labute approximate surface area is 168 Å². The van der Waals surface area contributed by atoms with Gasteiger partial charge < -0.3 is 15.4 Å². The lowest BCUT2D eigenvalue weighted by Crippen LogP contribution is -2.30. The molecule has 7 heteroatoms. The molecule has 28 heavy (non-hydrogen) atoms. The Morgan fingerprint density at radius 1 is 1.07 bits per heavy atom. The Balaban J connectivity index is 1.41. The van der Waals surface area contributed by atoms with Gasteiger partial charge in [0, 0.05) is 23.2 Å². The Hall–Kier alpha value is -2.86. The van der Waals surface area contributed by atoms with Crippen molar-refractivity contribution in [2.45, 2.75) is 19.3 Å².